The van der Waals surface area contributed by atoms with E-state index in [1.165, 1.54) is 4.52 Å². The Kier molecular flexibility index (Phi) is 3.73. The predicted octanol–water partition coefficient (Wildman–Crippen LogP) is 1.39. The lowest BCUT2D eigenvalue weighted by Crippen LogP contribution is -2.43. The molecule has 1 amide bonds. The highest BCUT2D eigenvalue weighted by atomic mass is 16.3. The van der Waals surface area contributed by atoms with Crippen molar-refractivity contribution in [2.24, 2.45) is 0 Å². The largest absolute Gasteiger partial charge is 0.383 e. The van der Waals surface area contributed by atoms with Gasteiger partial charge in [-0.1, -0.05) is 24.3 Å². The molecule has 4 rings (SSSR count). The zero-order chi connectivity index (χ0) is 17.4. The van der Waals surface area contributed by atoms with Crippen LogP contribution in [0.15, 0.2) is 36.5 Å². The van der Waals surface area contributed by atoms with Gasteiger partial charge in [-0.05, 0) is 43.4 Å². The minimum atomic E-state index is -1.06. The fraction of sp³-hybridized carbons (Fsp3) is 0.333. The van der Waals surface area contributed by atoms with Gasteiger partial charge in [0, 0.05) is 11.9 Å². The summed E-state index contributed by atoms with van der Waals surface area (Å²) in [6, 6.07) is 9.63. The van der Waals surface area contributed by atoms with Gasteiger partial charge in [0.25, 0.3) is 11.7 Å². The third-order valence-electron chi connectivity index (χ3n) is 4.73. The van der Waals surface area contributed by atoms with Crippen LogP contribution in [0.5, 0.6) is 0 Å². The van der Waals surface area contributed by atoms with Gasteiger partial charge < -0.3 is 10.4 Å². The Labute approximate surface area is 144 Å². The van der Waals surface area contributed by atoms with Crippen molar-refractivity contribution in [3.8, 4) is 0 Å². The van der Waals surface area contributed by atoms with Crippen molar-refractivity contribution in [3.63, 3.8) is 0 Å². The molecule has 0 saturated carbocycles. The van der Waals surface area contributed by atoms with E-state index in [1.54, 1.807) is 12.3 Å². The van der Waals surface area contributed by atoms with E-state index >= 15 is 0 Å². The maximum Gasteiger partial charge on any atom is 0.291 e. The van der Waals surface area contributed by atoms with E-state index in [-0.39, 0.29) is 12.4 Å². The molecule has 2 aromatic heterocycles. The summed E-state index contributed by atoms with van der Waals surface area (Å²) in [5.41, 5.74) is 1.81. The third-order valence-corrected chi connectivity index (χ3v) is 4.73. The van der Waals surface area contributed by atoms with Crippen LogP contribution in [0.3, 0.4) is 0 Å². The Morgan fingerprint density at radius 2 is 2.20 bits per heavy atom. The number of amides is 1. The monoisotopic (exact) mass is 337 g/mol. The number of aryl methyl sites for hydroxylation is 2. The molecule has 7 nitrogen and oxygen atoms in total. The summed E-state index contributed by atoms with van der Waals surface area (Å²) < 4.78 is 1.53. The molecule has 128 valence electrons. The number of carbonyl (C=O) groups excluding carboxylic acids is 1. The number of hydrogen-bond acceptors (Lipinski definition) is 5. The molecule has 1 unspecified atom stereocenters. The molecule has 0 fully saturated rings. The molecule has 0 spiro atoms. The molecule has 1 aliphatic carbocycles. The zero-order valence-electron chi connectivity index (χ0n) is 13.9. The van der Waals surface area contributed by atoms with Crippen LogP contribution in [0.2, 0.25) is 0 Å². The molecule has 1 aromatic carbocycles. The molecule has 1 atom stereocenters. The molecule has 0 aliphatic heterocycles. The smallest absolute Gasteiger partial charge is 0.291 e. The highest BCUT2D eigenvalue weighted by Gasteiger charge is 2.34. The third kappa shape index (κ3) is 2.76. The van der Waals surface area contributed by atoms with Crippen molar-refractivity contribution in [1.82, 2.24) is 24.9 Å². The van der Waals surface area contributed by atoms with Crippen molar-refractivity contribution < 1.29 is 9.90 Å². The van der Waals surface area contributed by atoms with Crippen LogP contribution in [0.25, 0.3) is 5.78 Å². The van der Waals surface area contributed by atoms with Crippen molar-refractivity contribution in [2.75, 3.05) is 6.54 Å². The van der Waals surface area contributed by atoms with Crippen molar-refractivity contribution in [1.29, 1.82) is 0 Å². The lowest BCUT2D eigenvalue weighted by Gasteiger charge is -2.34. The summed E-state index contributed by atoms with van der Waals surface area (Å²) >= 11 is 0. The van der Waals surface area contributed by atoms with Gasteiger partial charge in [0.15, 0.2) is 0 Å². The average Bonchev–Trinajstić information content (AvgIpc) is 3.06. The van der Waals surface area contributed by atoms with Gasteiger partial charge in [-0.2, -0.15) is 4.98 Å². The minimum Gasteiger partial charge on any atom is -0.383 e. The van der Waals surface area contributed by atoms with Crippen LogP contribution in [0, 0.1) is 6.92 Å². The number of nitrogens with one attached hydrogen (secondary N) is 1. The second-order valence-electron chi connectivity index (χ2n) is 6.46. The molecular weight excluding hydrogens is 318 g/mol. The summed E-state index contributed by atoms with van der Waals surface area (Å²) in [5.74, 6) is 0.0164. The van der Waals surface area contributed by atoms with Crippen LogP contribution in [0.1, 0.15) is 40.3 Å². The standard InChI is InChI=1S/C18H19N5O2/c1-12-8-10-19-17-21-15(22-23(12)17)16(24)20-11-18(25)9-4-6-13-5-2-3-7-14(13)18/h2-3,5,7-8,10,25H,4,6,9,11H2,1H3,(H,20,24). The maximum atomic E-state index is 12.4. The molecule has 2 heterocycles. The molecule has 3 aromatic rings. The van der Waals surface area contributed by atoms with Crippen LogP contribution >= 0.6 is 0 Å². The number of hydrogen-bond donors (Lipinski definition) is 2. The van der Waals surface area contributed by atoms with E-state index in [0.29, 0.717) is 12.2 Å². The van der Waals surface area contributed by atoms with Crippen LogP contribution in [0.4, 0.5) is 0 Å². The van der Waals surface area contributed by atoms with E-state index in [0.717, 1.165) is 29.7 Å². The number of fused-ring (bicyclic) bond motifs is 2. The molecule has 0 radical (unpaired) electrons. The van der Waals surface area contributed by atoms with Gasteiger partial charge >= 0.3 is 0 Å². The SMILES string of the molecule is Cc1ccnc2nc(C(=O)NCC3(O)CCCc4ccccc43)nn12. The second kappa shape index (κ2) is 5.93. The summed E-state index contributed by atoms with van der Waals surface area (Å²) in [4.78, 5) is 20.7. The molecule has 0 bridgehead atoms. The topological polar surface area (TPSA) is 92.4 Å². The molecule has 1 aliphatic rings. The lowest BCUT2D eigenvalue weighted by atomic mass is 9.79. The van der Waals surface area contributed by atoms with Crippen molar-refractivity contribution >= 4 is 11.7 Å². The van der Waals surface area contributed by atoms with E-state index in [1.807, 2.05) is 31.2 Å². The normalized spacial score (nSPS) is 19.6. The molecule has 0 saturated heterocycles. The van der Waals surface area contributed by atoms with Crippen LogP contribution < -0.4 is 5.32 Å². The van der Waals surface area contributed by atoms with E-state index in [2.05, 4.69) is 20.4 Å². The van der Waals surface area contributed by atoms with Gasteiger partial charge in [-0.3, -0.25) is 4.79 Å². The Bertz CT molecular complexity index is 952. The molecular formula is C18H19N5O2. The number of rotatable bonds is 3. The summed E-state index contributed by atoms with van der Waals surface area (Å²) in [6.45, 7) is 2.00. The second-order valence-corrected chi connectivity index (χ2v) is 6.46. The van der Waals surface area contributed by atoms with Gasteiger partial charge in [-0.25, -0.2) is 9.50 Å². The number of benzene rings is 1. The lowest BCUT2D eigenvalue weighted by molar-refractivity contribution is 0.0188. The Morgan fingerprint density at radius 3 is 3.04 bits per heavy atom. The summed E-state index contributed by atoms with van der Waals surface area (Å²) in [7, 11) is 0. The highest BCUT2D eigenvalue weighted by Crippen LogP contribution is 2.34. The fourth-order valence-electron chi connectivity index (χ4n) is 3.39. The summed E-state index contributed by atoms with van der Waals surface area (Å²) in [5, 5.41) is 18.0. The van der Waals surface area contributed by atoms with Gasteiger partial charge in [0.1, 0.15) is 5.60 Å². The molecule has 25 heavy (non-hydrogen) atoms. The van der Waals surface area contributed by atoms with Crippen LogP contribution in [-0.4, -0.2) is 37.1 Å². The number of carbonyl (C=O) groups is 1. The predicted molar refractivity (Wildman–Crippen MR) is 91.1 cm³/mol. The van der Waals surface area contributed by atoms with Crippen molar-refractivity contribution in [3.05, 3.63) is 59.2 Å². The Balaban J connectivity index is 1.54. The number of nitrogens with zero attached hydrogens (tertiary/aromatic N) is 4. The number of aliphatic hydroxyl groups is 1. The fourth-order valence-corrected chi connectivity index (χ4v) is 3.39. The average molecular weight is 337 g/mol. The first-order chi connectivity index (χ1) is 12.1. The number of aromatic nitrogens is 4. The van der Waals surface area contributed by atoms with E-state index in [9.17, 15) is 9.90 Å². The Morgan fingerprint density at radius 1 is 1.36 bits per heavy atom. The first-order valence-electron chi connectivity index (χ1n) is 8.34. The van der Waals surface area contributed by atoms with Gasteiger partial charge in [-0.15, -0.1) is 5.10 Å². The first kappa shape index (κ1) is 15.7. The highest BCUT2D eigenvalue weighted by molar-refractivity contribution is 5.90. The van der Waals surface area contributed by atoms with Gasteiger partial charge in [0.2, 0.25) is 5.82 Å². The molecule has 2 N–H and O–H groups in total. The minimum absolute atomic E-state index is 0.0505. The molecule has 7 heteroatoms. The van der Waals surface area contributed by atoms with Gasteiger partial charge in [0.05, 0.1) is 6.54 Å². The summed E-state index contributed by atoms with van der Waals surface area (Å²) in [6.07, 6.45) is 4.08. The van der Waals surface area contributed by atoms with E-state index in [4.69, 9.17) is 0 Å². The van der Waals surface area contributed by atoms with Crippen LogP contribution in [-0.2, 0) is 12.0 Å². The quantitative estimate of drug-likeness (QED) is 0.753. The maximum absolute atomic E-state index is 12.4. The zero-order valence-corrected chi connectivity index (χ0v) is 13.9. The first-order valence-corrected chi connectivity index (χ1v) is 8.34. The Hall–Kier alpha value is -2.80. The van der Waals surface area contributed by atoms with Crippen molar-refractivity contribution in [2.45, 2.75) is 31.8 Å². The van der Waals surface area contributed by atoms with E-state index < -0.39 is 11.5 Å².